The largest absolute Gasteiger partial charge is 0.291 e. The molecule has 0 bridgehead atoms. The molecule has 2 aromatic rings. The Kier molecular flexibility index (Phi) is 3.87. The molecule has 0 amide bonds. The van der Waals surface area contributed by atoms with E-state index in [-0.39, 0.29) is 6.17 Å². The van der Waals surface area contributed by atoms with Crippen molar-refractivity contribution in [3.05, 3.63) is 41.2 Å². The highest BCUT2D eigenvalue weighted by Crippen LogP contribution is 2.44. The van der Waals surface area contributed by atoms with Crippen LogP contribution in [0.3, 0.4) is 0 Å². The number of rotatable bonds is 3. The summed E-state index contributed by atoms with van der Waals surface area (Å²) in [5.74, 6) is 0.559. The molecule has 4 rings (SSSR count). The first-order valence-corrected chi connectivity index (χ1v) is 8.59. The lowest BCUT2D eigenvalue weighted by Gasteiger charge is -2.37. The van der Waals surface area contributed by atoms with Crippen LogP contribution in [0.2, 0.25) is 5.02 Å². The Bertz CT molecular complexity index is 738. The average Bonchev–Trinajstić information content (AvgIpc) is 3.22. The van der Waals surface area contributed by atoms with Crippen LogP contribution in [0.5, 0.6) is 0 Å². The third kappa shape index (κ3) is 2.57. The van der Waals surface area contributed by atoms with E-state index in [1.165, 1.54) is 19.2 Å². The van der Waals surface area contributed by atoms with Gasteiger partial charge in [-0.1, -0.05) is 42.6 Å². The summed E-state index contributed by atoms with van der Waals surface area (Å²) in [4.78, 5) is 7.67. The summed E-state index contributed by atoms with van der Waals surface area (Å²) in [5, 5.41) is 8.61. The molecule has 7 heteroatoms. The van der Waals surface area contributed by atoms with Crippen LogP contribution >= 0.6 is 23.2 Å². The number of hydrogen-bond acceptors (Lipinski definition) is 4. The Labute approximate surface area is 144 Å². The van der Waals surface area contributed by atoms with Gasteiger partial charge < -0.3 is 0 Å². The van der Waals surface area contributed by atoms with Crippen molar-refractivity contribution in [2.24, 2.45) is 4.99 Å². The minimum Gasteiger partial charge on any atom is -0.291 e. The highest BCUT2D eigenvalue weighted by molar-refractivity contribution is 6.37. The lowest BCUT2D eigenvalue weighted by Crippen LogP contribution is -2.48. The minimum atomic E-state index is -0.901. The molecule has 1 N–H and O–H groups in total. The van der Waals surface area contributed by atoms with Crippen LogP contribution in [-0.2, 0) is 4.87 Å². The molecule has 0 spiro atoms. The van der Waals surface area contributed by atoms with Gasteiger partial charge in [0, 0.05) is 22.8 Å². The predicted octanol–water partition coefficient (Wildman–Crippen LogP) is 3.81. The maximum atomic E-state index is 7.05. The van der Waals surface area contributed by atoms with Crippen LogP contribution in [0.4, 0.5) is 5.95 Å². The highest BCUT2D eigenvalue weighted by Gasteiger charge is 2.45. The molecule has 0 saturated heterocycles. The van der Waals surface area contributed by atoms with Gasteiger partial charge >= 0.3 is 0 Å². The van der Waals surface area contributed by atoms with Crippen LogP contribution in [-0.4, -0.2) is 27.0 Å². The molecular weight excluding hydrogens is 333 g/mol. The highest BCUT2D eigenvalue weighted by atomic mass is 35.5. The molecule has 23 heavy (non-hydrogen) atoms. The molecule has 5 nitrogen and oxygen atoms in total. The van der Waals surface area contributed by atoms with Gasteiger partial charge in [-0.3, -0.25) is 5.32 Å². The normalized spacial score (nSPS) is 27.3. The first-order valence-electron chi connectivity index (χ1n) is 7.83. The lowest BCUT2D eigenvalue weighted by molar-refractivity contribution is 0.288. The summed E-state index contributed by atoms with van der Waals surface area (Å²) in [6, 6.07) is 8.03. The third-order valence-corrected chi connectivity index (χ3v) is 5.44. The summed E-state index contributed by atoms with van der Waals surface area (Å²) < 4.78 is 1.76. The molecule has 2 atom stereocenters. The second-order valence-corrected chi connectivity index (χ2v) is 7.09. The molecule has 2 unspecified atom stereocenters. The van der Waals surface area contributed by atoms with Crippen LogP contribution in [0, 0.1) is 0 Å². The fraction of sp³-hybridized carbons (Fsp3) is 0.438. The predicted molar refractivity (Wildman–Crippen MR) is 91.6 cm³/mol. The van der Waals surface area contributed by atoms with Crippen LogP contribution in [0.1, 0.15) is 37.4 Å². The van der Waals surface area contributed by atoms with E-state index in [2.05, 4.69) is 20.4 Å². The van der Waals surface area contributed by atoms with Crippen molar-refractivity contribution in [1.82, 2.24) is 20.1 Å². The molecule has 2 aliphatic rings. The molecule has 1 saturated carbocycles. The van der Waals surface area contributed by atoms with E-state index >= 15 is 0 Å². The molecule has 1 aliphatic carbocycles. The maximum Gasteiger partial charge on any atom is 0.249 e. The van der Waals surface area contributed by atoms with Crippen LogP contribution < -0.4 is 5.32 Å². The van der Waals surface area contributed by atoms with Gasteiger partial charge in [-0.25, -0.2) is 9.67 Å². The Balaban J connectivity index is 1.78. The first kappa shape index (κ1) is 15.1. The van der Waals surface area contributed by atoms with Gasteiger partial charge in [-0.15, -0.1) is 11.6 Å². The van der Waals surface area contributed by atoms with E-state index in [0.717, 1.165) is 18.4 Å². The monoisotopic (exact) mass is 349 g/mol. The van der Waals surface area contributed by atoms with Gasteiger partial charge in [0.25, 0.3) is 0 Å². The van der Waals surface area contributed by atoms with Gasteiger partial charge in [0.1, 0.15) is 17.4 Å². The number of fused-ring (bicyclic) bond motifs is 1. The summed E-state index contributed by atoms with van der Waals surface area (Å²) in [6.07, 6.45) is 7.73. The zero-order valence-corrected chi connectivity index (χ0v) is 14.0. The maximum absolute atomic E-state index is 7.05. The number of alkyl halides is 1. The standard InChI is InChI=1S/C16H17Cl2N5/c17-13-8-4-3-7-12(13)16(18)9-19-15-20-10-21-23(15)14(16)22-11-5-1-2-6-11/h3-4,7-11,14,22H,1-2,5-6H2. The minimum absolute atomic E-state index is 0.276. The van der Waals surface area contributed by atoms with Crippen molar-refractivity contribution in [3.63, 3.8) is 0 Å². The molecule has 0 radical (unpaired) electrons. The van der Waals surface area contributed by atoms with E-state index in [9.17, 15) is 0 Å². The third-order valence-electron chi connectivity index (χ3n) is 4.60. The molecule has 1 aromatic carbocycles. The first-order chi connectivity index (χ1) is 11.2. The Morgan fingerprint density at radius 1 is 1.22 bits per heavy atom. The number of halogens is 2. The quantitative estimate of drug-likeness (QED) is 0.857. The fourth-order valence-electron chi connectivity index (χ4n) is 3.42. The molecule has 2 heterocycles. The lowest BCUT2D eigenvalue weighted by atomic mass is 9.94. The molecule has 1 aliphatic heterocycles. The van der Waals surface area contributed by atoms with Gasteiger partial charge in [-0.05, 0) is 18.9 Å². The van der Waals surface area contributed by atoms with Crippen molar-refractivity contribution in [3.8, 4) is 0 Å². The summed E-state index contributed by atoms with van der Waals surface area (Å²) >= 11 is 13.5. The Morgan fingerprint density at radius 3 is 2.78 bits per heavy atom. The number of nitrogens with zero attached hydrogens (tertiary/aromatic N) is 4. The number of hydrogen-bond donors (Lipinski definition) is 1. The number of benzene rings is 1. The van der Waals surface area contributed by atoms with Gasteiger partial charge in [0.2, 0.25) is 5.95 Å². The summed E-state index contributed by atoms with van der Waals surface area (Å²) in [5.41, 5.74) is 0.823. The van der Waals surface area contributed by atoms with Crippen LogP contribution in [0.15, 0.2) is 35.6 Å². The van der Waals surface area contributed by atoms with Gasteiger partial charge in [0.05, 0.1) is 0 Å². The van der Waals surface area contributed by atoms with Crippen molar-refractivity contribution < 1.29 is 0 Å². The zero-order chi connectivity index (χ0) is 15.9. The Hall–Kier alpha value is -1.43. The summed E-state index contributed by atoms with van der Waals surface area (Å²) in [7, 11) is 0. The average molecular weight is 350 g/mol. The number of aromatic nitrogens is 3. The number of nitrogens with one attached hydrogen (secondary N) is 1. The summed E-state index contributed by atoms with van der Waals surface area (Å²) in [6.45, 7) is 0. The molecule has 1 fully saturated rings. The van der Waals surface area contributed by atoms with E-state index in [0.29, 0.717) is 17.0 Å². The second-order valence-electron chi connectivity index (χ2n) is 6.06. The van der Waals surface area contributed by atoms with Crippen molar-refractivity contribution in [2.75, 3.05) is 0 Å². The SMILES string of the molecule is Clc1ccccc1C1(Cl)C=Nc2ncnn2C1NC1CCCC1. The van der Waals surface area contributed by atoms with E-state index in [1.54, 1.807) is 10.9 Å². The molecule has 120 valence electrons. The van der Waals surface area contributed by atoms with Crippen molar-refractivity contribution >= 4 is 35.4 Å². The Morgan fingerprint density at radius 2 is 2.00 bits per heavy atom. The molecular formula is C16H17Cl2N5. The van der Waals surface area contributed by atoms with Gasteiger partial charge in [0.15, 0.2) is 0 Å². The van der Waals surface area contributed by atoms with Crippen molar-refractivity contribution in [1.29, 1.82) is 0 Å². The topological polar surface area (TPSA) is 55.1 Å². The van der Waals surface area contributed by atoms with E-state index < -0.39 is 4.87 Å². The molecule has 1 aromatic heterocycles. The van der Waals surface area contributed by atoms with E-state index in [4.69, 9.17) is 23.2 Å². The number of aliphatic imine (C=N–C) groups is 1. The second kappa shape index (κ2) is 5.89. The van der Waals surface area contributed by atoms with Gasteiger partial charge in [-0.2, -0.15) is 10.1 Å². The van der Waals surface area contributed by atoms with Crippen LogP contribution in [0.25, 0.3) is 0 Å². The smallest absolute Gasteiger partial charge is 0.249 e. The zero-order valence-electron chi connectivity index (χ0n) is 12.5. The van der Waals surface area contributed by atoms with Crippen molar-refractivity contribution in [2.45, 2.75) is 42.8 Å². The fourth-order valence-corrected chi connectivity index (χ4v) is 4.12. The van der Waals surface area contributed by atoms with E-state index in [1.807, 2.05) is 24.3 Å².